The Morgan fingerprint density at radius 1 is 1.03 bits per heavy atom. The molecule has 158 valence electrons. The lowest BCUT2D eigenvalue weighted by Gasteiger charge is -2.18. The molecule has 0 N–H and O–H groups in total. The number of benzene rings is 2. The number of halogens is 1. The molecule has 5 heteroatoms. The molecule has 4 aromatic rings. The van der Waals surface area contributed by atoms with Crippen molar-refractivity contribution in [2.24, 2.45) is 0 Å². The van der Waals surface area contributed by atoms with Crippen LogP contribution in [-0.4, -0.2) is 16.5 Å². The number of rotatable bonds is 6. The topological polar surface area (TPSA) is 38.4 Å². The van der Waals surface area contributed by atoms with Crippen molar-refractivity contribution in [1.29, 1.82) is 0 Å². The van der Waals surface area contributed by atoms with Crippen LogP contribution in [0.1, 0.15) is 34.4 Å². The third kappa shape index (κ3) is 4.06. The molecule has 1 aliphatic rings. The Balaban J connectivity index is 1.57. The first-order chi connectivity index (χ1) is 15.1. The second-order valence-electron chi connectivity index (χ2n) is 8.47. The molecule has 0 aliphatic heterocycles. The van der Waals surface area contributed by atoms with Gasteiger partial charge in [-0.2, -0.15) is 0 Å². The van der Waals surface area contributed by atoms with Gasteiger partial charge in [-0.25, -0.2) is 4.39 Å². The van der Waals surface area contributed by atoms with Gasteiger partial charge >= 0.3 is 0 Å². The monoisotopic (exact) mass is 416 g/mol. The van der Waals surface area contributed by atoms with Crippen molar-refractivity contribution in [2.45, 2.75) is 38.9 Å². The summed E-state index contributed by atoms with van der Waals surface area (Å²) in [5.74, 6) is 0.597. The van der Waals surface area contributed by atoms with Crippen molar-refractivity contribution < 1.29 is 8.81 Å². The summed E-state index contributed by atoms with van der Waals surface area (Å²) < 4.78 is 20.7. The first-order valence-electron chi connectivity index (χ1n) is 10.7. The number of hydrogen-bond donors (Lipinski definition) is 0. The molecular weight excluding hydrogens is 391 g/mol. The summed E-state index contributed by atoms with van der Waals surface area (Å²) >= 11 is 0. The van der Waals surface area contributed by atoms with Gasteiger partial charge in [0.15, 0.2) is 0 Å². The summed E-state index contributed by atoms with van der Waals surface area (Å²) in [6.07, 6.45) is 4.97. The van der Waals surface area contributed by atoms with Gasteiger partial charge in [-0.1, -0.05) is 12.1 Å². The summed E-state index contributed by atoms with van der Waals surface area (Å²) in [6.45, 7) is 1.58. The fourth-order valence-electron chi connectivity index (χ4n) is 4.57. The summed E-state index contributed by atoms with van der Waals surface area (Å²) in [6, 6.07) is 16.7. The van der Waals surface area contributed by atoms with Crippen LogP contribution in [0.25, 0.3) is 10.9 Å². The number of aromatic nitrogens is 1. The highest BCUT2D eigenvalue weighted by Gasteiger charge is 2.17. The normalized spacial score (nSPS) is 13.3. The van der Waals surface area contributed by atoms with E-state index >= 15 is 0 Å². The number of aryl methyl sites for hydroxylation is 2. The van der Waals surface area contributed by atoms with E-state index in [4.69, 9.17) is 4.42 Å². The molecule has 0 saturated carbocycles. The second kappa shape index (κ2) is 8.16. The highest BCUT2D eigenvalue weighted by molar-refractivity contribution is 5.82. The van der Waals surface area contributed by atoms with Gasteiger partial charge in [0.25, 0.3) is 5.56 Å². The Bertz CT molecular complexity index is 1270. The summed E-state index contributed by atoms with van der Waals surface area (Å²) in [5.41, 5.74) is 5.33. The maximum absolute atomic E-state index is 13.5. The lowest BCUT2D eigenvalue weighted by Crippen LogP contribution is -2.29. The number of hydrogen-bond acceptors (Lipinski definition) is 3. The van der Waals surface area contributed by atoms with Gasteiger partial charge in [-0.15, -0.1) is 0 Å². The summed E-state index contributed by atoms with van der Waals surface area (Å²) in [4.78, 5) is 15.6. The van der Waals surface area contributed by atoms with Gasteiger partial charge < -0.3 is 8.98 Å². The lowest BCUT2D eigenvalue weighted by atomic mass is 10.0. The quantitative estimate of drug-likeness (QED) is 0.449. The molecular formula is C26H25FN2O2. The van der Waals surface area contributed by atoms with E-state index in [1.807, 2.05) is 29.8 Å². The first-order valence-corrected chi connectivity index (χ1v) is 10.7. The van der Waals surface area contributed by atoms with Crippen LogP contribution in [0, 0.1) is 5.82 Å². The molecule has 0 radical (unpaired) electrons. The van der Waals surface area contributed by atoms with E-state index in [9.17, 15) is 9.18 Å². The zero-order valence-electron chi connectivity index (χ0n) is 17.6. The van der Waals surface area contributed by atoms with Crippen LogP contribution in [-0.2, 0) is 32.5 Å². The number of fused-ring (bicyclic) bond motifs is 2. The van der Waals surface area contributed by atoms with Crippen LogP contribution in [0.2, 0.25) is 0 Å². The SMILES string of the molecule is CN(Cc1ccco1)Cc1cc2cc3c(cc2n(Cc2ccc(F)cc2)c1=O)CCC3. The van der Waals surface area contributed by atoms with Gasteiger partial charge in [0.1, 0.15) is 11.6 Å². The molecule has 0 fully saturated rings. The summed E-state index contributed by atoms with van der Waals surface area (Å²) in [5, 5.41) is 1.09. The molecule has 0 atom stereocenters. The van der Waals surface area contributed by atoms with Gasteiger partial charge in [-0.05, 0) is 90.9 Å². The van der Waals surface area contributed by atoms with E-state index in [1.165, 1.54) is 23.3 Å². The van der Waals surface area contributed by atoms with Crippen LogP contribution in [0.3, 0.4) is 0 Å². The van der Waals surface area contributed by atoms with Gasteiger partial charge in [0.2, 0.25) is 0 Å². The molecule has 0 amide bonds. The van der Waals surface area contributed by atoms with Crippen molar-refractivity contribution in [3.8, 4) is 0 Å². The number of pyridine rings is 1. The molecule has 2 aromatic carbocycles. The number of nitrogens with zero attached hydrogens (tertiary/aromatic N) is 2. The Morgan fingerprint density at radius 2 is 1.81 bits per heavy atom. The summed E-state index contributed by atoms with van der Waals surface area (Å²) in [7, 11) is 1.99. The largest absolute Gasteiger partial charge is 0.468 e. The minimum Gasteiger partial charge on any atom is -0.468 e. The van der Waals surface area contributed by atoms with Crippen LogP contribution in [0.5, 0.6) is 0 Å². The average molecular weight is 416 g/mol. The Hall–Kier alpha value is -3.18. The van der Waals surface area contributed by atoms with E-state index in [0.717, 1.165) is 47.1 Å². The third-order valence-corrected chi connectivity index (χ3v) is 6.08. The van der Waals surface area contributed by atoms with Gasteiger partial charge in [0.05, 0.1) is 24.9 Å². The zero-order valence-corrected chi connectivity index (χ0v) is 17.6. The van der Waals surface area contributed by atoms with Gasteiger partial charge in [0, 0.05) is 12.1 Å². The van der Waals surface area contributed by atoms with Gasteiger partial charge in [-0.3, -0.25) is 9.69 Å². The molecule has 0 unspecified atom stereocenters. The first kappa shape index (κ1) is 19.8. The van der Waals surface area contributed by atoms with Crippen molar-refractivity contribution in [2.75, 3.05) is 7.05 Å². The standard InChI is InChI=1S/C26H25FN2O2/c1-28(17-24-6-3-11-31-24)16-22-13-21-12-19-4-2-5-20(19)14-25(21)29(26(22)30)15-18-7-9-23(27)10-8-18/h3,6-14H,2,4-5,15-17H2,1H3. The smallest absolute Gasteiger partial charge is 0.255 e. The Morgan fingerprint density at radius 3 is 2.55 bits per heavy atom. The highest BCUT2D eigenvalue weighted by atomic mass is 19.1. The van der Waals surface area contributed by atoms with Crippen LogP contribution in [0.4, 0.5) is 4.39 Å². The minimum atomic E-state index is -0.271. The minimum absolute atomic E-state index is 0.000988. The molecule has 2 aromatic heterocycles. The van der Waals surface area contributed by atoms with Crippen molar-refractivity contribution in [1.82, 2.24) is 9.47 Å². The molecule has 4 nitrogen and oxygen atoms in total. The van der Waals surface area contributed by atoms with E-state index < -0.39 is 0 Å². The molecule has 5 rings (SSSR count). The predicted octanol–water partition coefficient (Wildman–Crippen LogP) is 4.90. The fourth-order valence-corrected chi connectivity index (χ4v) is 4.57. The van der Waals surface area contributed by atoms with Crippen molar-refractivity contribution >= 4 is 10.9 Å². The Labute approximate surface area is 180 Å². The maximum atomic E-state index is 13.5. The molecule has 1 aliphatic carbocycles. The van der Waals surface area contributed by atoms with Crippen molar-refractivity contribution in [3.05, 3.63) is 105 Å². The predicted molar refractivity (Wildman–Crippen MR) is 120 cm³/mol. The van der Waals surface area contributed by atoms with Crippen LogP contribution in [0.15, 0.2) is 70.1 Å². The second-order valence-corrected chi connectivity index (χ2v) is 8.47. The van der Waals surface area contributed by atoms with Crippen LogP contribution < -0.4 is 5.56 Å². The molecule has 31 heavy (non-hydrogen) atoms. The van der Waals surface area contributed by atoms with E-state index in [-0.39, 0.29) is 11.4 Å². The average Bonchev–Trinajstić information content (AvgIpc) is 3.42. The lowest BCUT2D eigenvalue weighted by molar-refractivity contribution is 0.286. The Kier molecular flexibility index (Phi) is 5.20. The maximum Gasteiger partial charge on any atom is 0.255 e. The number of furan rings is 1. The molecule has 0 saturated heterocycles. The van der Waals surface area contributed by atoms with Crippen molar-refractivity contribution in [3.63, 3.8) is 0 Å². The van der Waals surface area contributed by atoms with Crippen LogP contribution >= 0.6 is 0 Å². The van der Waals surface area contributed by atoms with E-state index in [2.05, 4.69) is 17.0 Å². The highest BCUT2D eigenvalue weighted by Crippen LogP contribution is 2.28. The van der Waals surface area contributed by atoms with E-state index in [1.54, 1.807) is 18.4 Å². The molecule has 2 heterocycles. The third-order valence-electron chi connectivity index (χ3n) is 6.08. The van der Waals surface area contributed by atoms with E-state index in [0.29, 0.717) is 19.6 Å². The molecule has 0 bridgehead atoms. The molecule has 0 spiro atoms. The fraction of sp³-hybridized carbons (Fsp3) is 0.269. The zero-order chi connectivity index (χ0) is 21.4.